The van der Waals surface area contributed by atoms with Crippen molar-refractivity contribution in [2.75, 3.05) is 14.2 Å². The maximum Gasteiger partial charge on any atom is 0.193 e. The molecule has 0 aliphatic carbocycles. The Hall–Kier alpha value is -2.80. The molecular formula is C16H13NO3. The van der Waals surface area contributed by atoms with Gasteiger partial charge in [-0.3, -0.25) is 4.79 Å². The fraction of sp³-hybridized carbons (Fsp3) is 0.125. The second-order valence-electron chi connectivity index (χ2n) is 4.12. The van der Waals surface area contributed by atoms with Crippen LogP contribution in [0.15, 0.2) is 42.5 Å². The molecule has 2 rings (SSSR count). The second kappa shape index (κ2) is 5.89. The molecule has 4 heteroatoms. The zero-order valence-electron chi connectivity index (χ0n) is 11.2. The van der Waals surface area contributed by atoms with Gasteiger partial charge in [0, 0.05) is 17.2 Å². The highest BCUT2D eigenvalue weighted by Crippen LogP contribution is 2.24. The Bertz CT molecular complexity index is 647. The molecule has 0 spiro atoms. The largest absolute Gasteiger partial charge is 0.497 e. The van der Waals surface area contributed by atoms with E-state index in [1.165, 1.54) is 14.2 Å². The minimum absolute atomic E-state index is 0.147. The van der Waals surface area contributed by atoms with E-state index in [2.05, 4.69) is 0 Å². The standard InChI is InChI=1S/C16H13NO3/c1-19-14-7-13(8-15(9-14)20-2)16(18)12-5-3-11(10-17)4-6-12/h3-9H,1-2H3. The molecule has 0 aliphatic heterocycles. The van der Waals surface area contributed by atoms with E-state index in [0.717, 1.165) is 0 Å². The third kappa shape index (κ3) is 2.78. The van der Waals surface area contributed by atoms with E-state index in [0.29, 0.717) is 28.2 Å². The van der Waals surface area contributed by atoms with Crippen LogP contribution >= 0.6 is 0 Å². The number of carbonyl (C=O) groups excluding carboxylic acids is 1. The first kappa shape index (κ1) is 13.6. The van der Waals surface area contributed by atoms with E-state index >= 15 is 0 Å². The van der Waals surface area contributed by atoms with E-state index < -0.39 is 0 Å². The van der Waals surface area contributed by atoms with Crippen molar-refractivity contribution in [2.24, 2.45) is 0 Å². The van der Waals surface area contributed by atoms with Gasteiger partial charge < -0.3 is 9.47 Å². The summed E-state index contributed by atoms with van der Waals surface area (Å²) in [6, 6.07) is 13.5. The van der Waals surface area contributed by atoms with Crippen molar-refractivity contribution in [3.05, 3.63) is 59.2 Å². The first-order valence-electron chi connectivity index (χ1n) is 5.96. The quantitative estimate of drug-likeness (QED) is 0.799. The molecule has 0 bridgehead atoms. The minimum Gasteiger partial charge on any atom is -0.497 e. The van der Waals surface area contributed by atoms with E-state index in [1.807, 2.05) is 6.07 Å². The summed E-state index contributed by atoms with van der Waals surface area (Å²) in [5.41, 5.74) is 1.51. The first-order valence-corrected chi connectivity index (χ1v) is 5.96. The number of ether oxygens (including phenoxy) is 2. The summed E-state index contributed by atoms with van der Waals surface area (Å²) in [4.78, 5) is 12.4. The van der Waals surface area contributed by atoms with Crippen molar-refractivity contribution >= 4 is 5.78 Å². The lowest BCUT2D eigenvalue weighted by Crippen LogP contribution is -2.02. The van der Waals surface area contributed by atoms with Gasteiger partial charge in [-0.15, -0.1) is 0 Å². The van der Waals surface area contributed by atoms with Gasteiger partial charge >= 0.3 is 0 Å². The molecule has 0 unspecified atom stereocenters. The number of hydrogen-bond donors (Lipinski definition) is 0. The van der Waals surface area contributed by atoms with Gasteiger partial charge in [-0.05, 0) is 36.4 Å². The normalized spacial score (nSPS) is 9.65. The highest BCUT2D eigenvalue weighted by Gasteiger charge is 2.12. The number of hydrogen-bond acceptors (Lipinski definition) is 4. The molecule has 4 nitrogen and oxygen atoms in total. The highest BCUT2D eigenvalue weighted by molar-refractivity contribution is 6.09. The molecule has 0 amide bonds. The van der Waals surface area contributed by atoms with Gasteiger partial charge in [0.2, 0.25) is 0 Å². The van der Waals surface area contributed by atoms with Crippen LogP contribution in [0.1, 0.15) is 21.5 Å². The van der Waals surface area contributed by atoms with Crippen LogP contribution in [0.2, 0.25) is 0 Å². The monoisotopic (exact) mass is 267 g/mol. The number of nitrogens with zero attached hydrogens (tertiary/aromatic N) is 1. The van der Waals surface area contributed by atoms with Gasteiger partial charge in [0.25, 0.3) is 0 Å². The average molecular weight is 267 g/mol. The molecule has 0 saturated carbocycles. The number of rotatable bonds is 4. The van der Waals surface area contributed by atoms with Crippen LogP contribution in [-0.4, -0.2) is 20.0 Å². The van der Waals surface area contributed by atoms with Crippen molar-refractivity contribution in [1.82, 2.24) is 0 Å². The van der Waals surface area contributed by atoms with Crippen molar-refractivity contribution in [2.45, 2.75) is 0 Å². The molecular weight excluding hydrogens is 254 g/mol. The van der Waals surface area contributed by atoms with Crippen molar-refractivity contribution in [3.63, 3.8) is 0 Å². The summed E-state index contributed by atoms with van der Waals surface area (Å²) in [6.07, 6.45) is 0. The maximum atomic E-state index is 12.4. The van der Waals surface area contributed by atoms with Gasteiger partial charge in [0.15, 0.2) is 5.78 Å². The van der Waals surface area contributed by atoms with Gasteiger partial charge in [-0.1, -0.05) is 0 Å². The van der Waals surface area contributed by atoms with Crippen LogP contribution in [0, 0.1) is 11.3 Å². The summed E-state index contributed by atoms with van der Waals surface area (Å²) in [6.45, 7) is 0. The Morgan fingerprint density at radius 1 is 0.950 bits per heavy atom. The lowest BCUT2D eigenvalue weighted by Gasteiger charge is -2.08. The lowest BCUT2D eigenvalue weighted by molar-refractivity contribution is 0.103. The van der Waals surface area contributed by atoms with Crippen LogP contribution in [0.4, 0.5) is 0 Å². The van der Waals surface area contributed by atoms with E-state index in [9.17, 15) is 4.79 Å². The zero-order chi connectivity index (χ0) is 14.5. The molecule has 0 N–H and O–H groups in total. The fourth-order valence-electron chi connectivity index (χ4n) is 1.80. The molecule has 100 valence electrons. The molecule has 0 atom stereocenters. The van der Waals surface area contributed by atoms with Crippen molar-refractivity contribution < 1.29 is 14.3 Å². The molecule has 2 aromatic carbocycles. The van der Waals surface area contributed by atoms with Gasteiger partial charge in [0.05, 0.1) is 25.9 Å². The van der Waals surface area contributed by atoms with Crippen LogP contribution in [-0.2, 0) is 0 Å². The number of ketones is 1. The maximum absolute atomic E-state index is 12.4. The smallest absolute Gasteiger partial charge is 0.193 e. The minimum atomic E-state index is -0.147. The van der Waals surface area contributed by atoms with E-state index in [1.54, 1.807) is 42.5 Å². The highest BCUT2D eigenvalue weighted by atomic mass is 16.5. The SMILES string of the molecule is COc1cc(OC)cc(C(=O)c2ccc(C#N)cc2)c1. The molecule has 0 fully saturated rings. The Kier molecular flexibility index (Phi) is 4.02. The summed E-state index contributed by atoms with van der Waals surface area (Å²) < 4.78 is 10.3. The van der Waals surface area contributed by atoms with Gasteiger partial charge in [0.1, 0.15) is 11.5 Å². The fourth-order valence-corrected chi connectivity index (χ4v) is 1.80. The number of methoxy groups -OCH3 is 2. The third-order valence-electron chi connectivity index (χ3n) is 2.89. The van der Waals surface area contributed by atoms with Crippen molar-refractivity contribution in [1.29, 1.82) is 5.26 Å². The van der Waals surface area contributed by atoms with Crippen molar-refractivity contribution in [3.8, 4) is 17.6 Å². The van der Waals surface area contributed by atoms with Gasteiger partial charge in [-0.25, -0.2) is 0 Å². The Labute approximate surface area is 117 Å². The second-order valence-corrected chi connectivity index (χ2v) is 4.12. The number of carbonyl (C=O) groups is 1. The van der Waals surface area contributed by atoms with Gasteiger partial charge in [-0.2, -0.15) is 5.26 Å². The summed E-state index contributed by atoms with van der Waals surface area (Å²) >= 11 is 0. The molecule has 0 radical (unpaired) electrons. The number of nitriles is 1. The summed E-state index contributed by atoms with van der Waals surface area (Å²) in [5.74, 6) is 0.967. The molecule has 0 aromatic heterocycles. The zero-order valence-corrected chi connectivity index (χ0v) is 11.2. The predicted octanol–water partition coefficient (Wildman–Crippen LogP) is 2.81. The molecule has 20 heavy (non-hydrogen) atoms. The Balaban J connectivity index is 2.39. The Morgan fingerprint density at radius 3 is 1.95 bits per heavy atom. The average Bonchev–Trinajstić information content (AvgIpc) is 2.53. The van der Waals surface area contributed by atoms with E-state index in [-0.39, 0.29) is 5.78 Å². The topological polar surface area (TPSA) is 59.3 Å². The lowest BCUT2D eigenvalue weighted by atomic mass is 10.0. The van der Waals surface area contributed by atoms with Crippen LogP contribution < -0.4 is 9.47 Å². The third-order valence-corrected chi connectivity index (χ3v) is 2.89. The van der Waals surface area contributed by atoms with E-state index in [4.69, 9.17) is 14.7 Å². The number of benzene rings is 2. The van der Waals surface area contributed by atoms with Crippen LogP contribution in [0.25, 0.3) is 0 Å². The van der Waals surface area contributed by atoms with Crippen LogP contribution in [0.5, 0.6) is 11.5 Å². The molecule has 0 saturated heterocycles. The Morgan fingerprint density at radius 2 is 1.50 bits per heavy atom. The summed E-state index contributed by atoms with van der Waals surface area (Å²) in [5, 5.41) is 8.75. The molecule has 0 heterocycles. The molecule has 2 aromatic rings. The first-order chi connectivity index (χ1) is 9.67. The molecule has 0 aliphatic rings. The predicted molar refractivity (Wildman–Crippen MR) is 74.1 cm³/mol. The summed E-state index contributed by atoms with van der Waals surface area (Å²) in [7, 11) is 3.06. The van der Waals surface area contributed by atoms with Crippen LogP contribution in [0.3, 0.4) is 0 Å².